The Morgan fingerprint density at radius 2 is 2.18 bits per heavy atom. The van der Waals surface area contributed by atoms with E-state index in [1.54, 1.807) is 13.2 Å². The second-order valence-electron chi connectivity index (χ2n) is 3.53. The Kier molecular flexibility index (Phi) is 5.45. The summed E-state index contributed by atoms with van der Waals surface area (Å²) >= 11 is 5.55. The molecule has 0 saturated heterocycles. The average Bonchev–Trinajstić information content (AvgIpc) is 2.78. The Balaban J connectivity index is 2.73. The lowest BCUT2D eigenvalue weighted by Crippen LogP contribution is -2.28. The predicted octanol–water partition coefficient (Wildman–Crippen LogP) is 1.68. The zero-order valence-corrected chi connectivity index (χ0v) is 11.4. The van der Waals surface area contributed by atoms with Gasteiger partial charge in [-0.2, -0.15) is 4.31 Å². The van der Waals surface area contributed by atoms with Crippen molar-refractivity contribution in [3.05, 3.63) is 17.9 Å². The van der Waals surface area contributed by atoms with Crippen LogP contribution in [0.2, 0.25) is 0 Å². The van der Waals surface area contributed by atoms with Crippen LogP contribution in [0.1, 0.15) is 12.2 Å². The first-order valence-electron chi connectivity index (χ1n) is 5.12. The zero-order valence-electron chi connectivity index (χ0n) is 9.85. The Morgan fingerprint density at radius 3 is 2.71 bits per heavy atom. The number of furan rings is 1. The quantitative estimate of drug-likeness (QED) is 0.563. The standard InChI is InChI=1S/C10H16ClNO4S/c1-12(6-3-7-15-2)17(13,14)10-5-4-9(8-11)16-10/h4-5H,3,6-8H2,1-2H3. The minimum atomic E-state index is -3.56. The second kappa shape index (κ2) is 6.39. The van der Waals surface area contributed by atoms with Crippen LogP contribution in [-0.4, -0.2) is 40.0 Å². The molecular weight excluding hydrogens is 266 g/mol. The Hall–Kier alpha value is -0.560. The first kappa shape index (κ1) is 14.5. The number of hydrogen-bond donors (Lipinski definition) is 0. The smallest absolute Gasteiger partial charge is 0.276 e. The predicted molar refractivity (Wildman–Crippen MR) is 64.6 cm³/mol. The number of hydrogen-bond acceptors (Lipinski definition) is 4. The van der Waals surface area contributed by atoms with E-state index >= 15 is 0 Å². The maximum Gasteiger partial charge on any atom is 0.276 e. The molecule has 0 N–H and O–H groups in total. The topological polar surface area (TPSA) is 59.8 Å². The van der Waals surface area contributed by atoms with Gasteiger partial charge >= 0.3 is 0 Å². The zero-order chi connectivity index (χ0) is 12.9. The van der Waals surface area contributed by atoms with Gasteiger partial charge in [-0.05, 0) is 18.6 Å². The highest BCUT2D eigenvalue weighted by Crippen LogP contribution is 2.18. The van der Waals surface area contributed by atoms with E-state index in [2.05, 4.69) is 0 Å². The van der Waals surface area contributed by atoms with Crippen molar-refractivity contribution in [1.82, 2.24) is 4.31 Å². The molecule has 0 unspecified atom stereocenters. The third-order valence-corrected chi connectivity index (χ3v) is 4.25. The number of ether oxygens (including phenoxy) is 1. The average molecular weight is 282 g/mol. The van der Waals surface area contributed by atoms with Gasteiger partial charge in [0, 0.05) is 27.3 Å². The molecule has 0 aromatic carbocycles. The Labute approximate surface area is 106 Å². The van der Waals surface area contributed by atoms with Gasteiger partial charge in [-0.15, -0.1) is 11.6 Å². The molecule has 1 heterocycles. The van der Waals surface area contributed by atoms with Gasteiger partial charge < -0.3 is 9.15 Å². The Morgan fingerprint density at radius 1 is 1.47 bits per heavy atom. The second-order valence-corrected chi connectivity index (χ2v) is 5.77. The van der Waals surface area contributed by atoms with Crippen LogP contribution < -0.4 is 0 Å². The molecular formula is C10H16ClNO4S. The SMILES string of the molecule is COCCCN(C)S(=O)(=O)c1ccc(CCl)o1. The fourth-order valence-electron chi connectivity index (χ4n) is 1.27. The van der Waals surface area contributed by atoms with E-state index in [1.807, 2.05) is 0 Å². The molecule has 1 aromatic rings. The molecule has 0 atom stereocenters. The summed E-state index contributed by atoms with van der Waals surface area (Å²) in [6.45, 7) is 0.901. The molecule has 1 aromatic heterocycles. The molecule has 17 heavy (non-hydrogen) atoms. The van der Waals surface area contributed by atoms with Crippen molar-refractivity contribution in [2.24, 2.45) is 0 Å². The van der Waals surface area contributed by atoms with Crippen molar-refractivity contribution in [2.75, 3.05) is 27.3 Å². The van der Waals surface area contributed by atoms with Crippen LogP contribution in [0.25, 0.3) is 0 Å². The van der Waals surface area contributed by atoms with Crippen LogP contribution in [0.4, 0.5) is 0 Å². The monoisotopic (exact) mass is 281 g/mol. The molecule has 0 amide bonds. The van der Waals surface area contributed by atoms with Gasteiger partial charge in [0.25, 0.3) is 10.0 Å². The van der Waals surface area contributed by atoms with Crippen molar-refractivity contribution in [3.63, 3.8) is 0 Å². The molecule has 0 spiro atoms. The Bertz CT molecular complexity index is 443. The fourth-order valence-corrected chi connectivity index (χ4v) is 2.55. The first-order chi connectivity index (χ1) is 8.02. The summed E-state index contributed by atoms with van der Waals surface area (Å²) < 4.78 is 35.2. The molecule has 0 bridgehead atoms. The van der Waals surface area contributed by atoms with Crippen LogP contribution in [0.3, 0.4) is 0 Å². The van der Waals surface area contributed by atoms with E-state index in [1.165, 1.54) is 17.4 Å². The summed E-state index contributed by atoms with van der Waals surface area (Å²) in [5.41, 5.74) is 0. The number of halogens is 1. The van der Waals surface area contributed by atoms with E-state index in [4.69, 9.17) is 20.8 Å². The van der Waals surface area contributed by atoms with Crippen LogP contribution in [0, 0.1) is 0 Å². The molecule has 98 valence electrons. The molecule has 0 fully saturated rings. The molecule has 1 rings (SSSR count). The summed E-state index contributed by atoms with van der Waals surface area (Å²) in [5, 5.41) is -0.0759. The summed E-state index contributed by atoms with van der Waals surface area (Å²) in [6, 6.07) is 2.97. The number of alkyl halides is 1. The largest absolute Gasteiger partial charge is 0.447 e. The van der Waals surface area contributed by atoms with Crippen LogP contribution in [0.15, 0.2) is 21.6 Å². The van der Waals surface area contributed by atoms with Crippen molar-refractivity contribution < 1.29 is 17.6 Å². The third kappa shape index (κ3) is 3.70. The highest BCUT2D eigenvalue weighted by Gasteiger charge is 2.23. The number of methoxy groups -OCH3 is 1. The summed E-state index contributed by atoms with van der Waals surface area (Å²) in [6.07, 6.45) is 0.634. The van der Waals surface area contributed by atoms with E-state index < -0.39 is 10.0 Å². The van der Waals surface area contributed by atoms with Gasteiger partial charge in [-0.25, -0.2) is 8.42 Å². The lowest BCUT2D eigenvalue weighted by molar-refractivity contribution is 0.189. The lowest BCUT2D eigenvalue weighted by Gasteiger charge is -2.14. The maximum absolute atomic E-state index is 12.0. The highest BCUT2D eigenvalue weighted by molar-refractivity contribution is 7.89. The fraction of sp³-hybridized carbons (Fsp3) is 0.600. The van der Waals surface area contributed by atoms with E-state index in [9.17, 15) is 8.42 Å². The van der Waals surface area contributed by atoms with Crippen LogP contribution >= 0.6 is 11.6 Å². The molecule has 5 nitrogen and oxygen atoms in total. The van der Waals surface area contributed by atoms with E-state index in [-0.39, 0.29) is 11.0 Å². The molecule has 0 aliphatic carbocycles. The minimum Gasteiger partial charge on any atom is -0.447 e. The van der Waals surface area contributed by atoms with Crippen molar-refractivity contribution in [1.29, 1.82) is 0 Å². The summed E-state index contributed by atoms with van der Waals surface area (Å²) in [7, 11) is -0.471. The maximum atomic E-state index is 12.0. The van der Waals surface area contributed by atoms with Crippen LogP contribution in [0.5, 0.6) is 0 Å². The normalized spacial score (nSPS) is 12.2. The lowest BCUT2D eigenvalue weighted by atomic mass is 10.5. The van der Waals surface area contributed by atoms with Crippen molar-refractivity contribution >= 4 is 21.6 Å². The van der Waals surface area contributed by atoms with Gasteiger partial charge in [0.2, 0.25) is 5.09 Å². The van der Waals surface area contributed by atoms with Gasteiger partial charge in [0.15, 0.2) is 0 Å². The first-order valence-corrected chi connectivity index (χ1v) is 7.09. The highest BCUT2D eigenvalue weighted by atomic mass is 35.5. The molecule has 0 aliphatic heterocycles. The number of rotatable bonds is 7. The van der Waals surface area contributed by atoms with Gasteiger partial charge in [0.05, 0.1) is 5.88 Å². The van der Waals surface area contributed by atoms with Crippen LogP contribution in [-0.2, 0) is 20.6 Å². The molecule has 7 heteroatoms. The van der Waals surface area contributed by atoms with Gasteiger partial charge in [0.1, 0.15) is 5.76 Å². The van der Waals surface area contributed by atoms with Gasteiger partial charge in [-0.3, -0.25) is 0 Å². The third-order valence-electron chi connectivity index (χ3n) is 2.25. The van der Waals surface area contributed by atoms with Crippen molar-refractivity contribution in [3.8, 4) is 0 Å². The van der Waals surface area contributed by atoms with Gasteiger partial charge in [-0.1, -0.05) is 0 Å². The molecule has 0 radical (unpaired) electrons. The molecule has 0 aliphatic rings. The number of sulfonamides is 1. The summed E-state index contributed by atoms with van der Waals surface area (Å²) in [4.78, 5) is 0. The van der Waals surface area contributed by atoms with Crippen molar-refractivity contribution in [2.45, 2.75) is 17.4 Å². The minimum absolute atomic E-state index is 0.0759. The number of nitrogens with zero attached hydrogens (tertiary/aromatic N) is 1. The summed E-state index contributed by atoms with van der Waals surface area (Å²) in [5.74, 6) is 0.596. The molecule has 0 saturated carbocycles. The van der Waals surface area contributed by atoms with E-state index in [0.29, 0.717) is 25.3 Å². The van der Waals surface area contributed by atoms with E-state index in [0.717, 1.165) is 0 Å².